The zero-order valence-corrected chi connectivity index (χ0v) is 46.1. The molecule has 4 heterocycles. The molecule has 370 valence electrons. The normalized spacial score (nSPS) is 17.2. The van der Waals surface area contributed by atoms with E-state index in [1.54, 1.807) is 0 Å². The van der Waals surface area contributed by atoms with E-state index in [9.17, 15) is 0 Å². The third-order valence-electron chi connectivity index (χ3n) is 18.9. The summed E-state index contributed by atoms with van der Waals surface area (Å²) in [7, 11) is 0. The predicted molar refractivity (Wildman–Crippen MR) is 324 cm³/mol. The molecule has 0 saturated heterocycles. The summed E-state index contributed by atoms with van der Waals surface area (Å²) in [4.78, 5) is 5.59. The number of para-hydroxylation sites is 2. The van der Waals surface area contributed by atoms with Crippen molar-refractivity contribution in [2.75, 3.05) is 9.71 Å². The summed E-state index contributed by atoms with van der Waals surface area (Å²) < 4.78 is 1.37. The van der Waals surface area contributed by atoms with Gasteiger partial charge in [-0.1, -0.05) is 220 Å². The van der Waals surface area contributed by atoms with E-state index in [0.29, 0.717) is 0 Å². The molecule has 0 unspecified atom stereocenters. The van der Waals surface area contributed by atoms with Crippen LogP contribution in [0.5, 0.6) is 0 Å². The molecule has 5 aliphatic rings. The maximum Gasteiger partial charge on any atom is 0.334 e. The molecule has 0 radical (unpaired) electrons. The van der Waals surface area contributed by atoms with E-state index < -0.39 is 5.41 Å². The number of nitrogens with zero attached hydrogens (tertiary/aromatic N) is 2. The molecule has 0 spiro atoms. The lowest BCUT2D eigenvalue weighted by Gasteiger charge is -2.53. The number of benzene rings is 9. The lowest BCUT2D eigenvalue weighted by Crippen LogP contribution is -2.63. The molecule has 3 aliphatic heterocycles. The van der Waals surface area contributed by atoms with Crippen LogP contribution in [0.3, 0.4) is 0 Å². The molecule has 0 bridgehead atoms. The molecule has 4 heteroatoms. The number of hydrogen-bond donors (Lipinski definition) is 0. The molecule has 10 aromatic rings. The summed E-state index contributed by atoms with van der Waals surface area (Å²) in [5.41, 5.74) is 27.2. The van der Waals surface area contributed by atoms with E-state index in [1.165, 1.54) is 139 Å². The number of fused-ring (bicyclic) bond motifs is 13. The number of rotatable bonds is 4. The Hall–Kier alpha value is -7.40. The number of thiophene rings is 1. The van der Waals surface area contributed by atoms with E-state index in [-0.39, 0.29) is 28.5 Å². The zero-order valence-electron chi connectivity index (χ0n) is 45.3. The van der Waals surface area contributed by atoms with E-state index in [4.69, 9.17) is 0 Å². The average molecular weight is 999 g/mol. The summed E-state index contributed by atoms with van der Waals surface area (Å²) in [5, 5.41) is 2.69. The summed E-state index contributed by atoms with van der Waals surface area (Å²) in [6.07, 6.45) is 2.33. The number of hydrogen-bond acceptors (Lipinski definition) is 3. The minimum atomic E-state index is -0.605. The van der Waals surface area contributed by atoms with Gasteiger partial charge in [0.2, 0.25) is 0 Å². The second kappa shape index (κ2) is 15.6. The van der Waals surface area contributed by atoms with Crippen LogP contribution < -0.4 is 20.6 Å². The van der Waals surface area contributed by atoms with E-state index in [1.807, 2.05) is 11.3 Å². The molecule has 15 rings (SSSR count). The van der Waals surface area contributed by atoms with Crippen LogP contribution in [0, 0.1) is 0 Å². The first kappa shape index (κ1) is 46.0. The Kier molecular flexibility index (Phi) is 9.44. The molecular formula is C72H63BN2S. The van der Waals surface area contributed by atoms with Crippen LogP contribution in [-0.2, 0) is 27.1 Å². The first-order valence-corrected chi connectivity index (χ1v) is 28.5. The third kappa shape index (κ3) is 6.00. The molecule has 0 N–H and O–H groups in total. The Bertz CT molecular complexity index is 4040. The van der Waals surface area contributed by atoms with Crippen LogP contribution in [0.1, 0.15) is 125 Å². The maximum atomic E-state index is 2.84. The van der Waals surface area contributed by atoms with Gasteiger partial charge < -0.3 is 9.71 Å². The van der Waals surface area contributed by atoms with Crippen molar-refractivity contribution in [2.24, 2.45) is 0 Å². The van der Waals surface area contributed by atoms with Crippen LogP contribution in [0.2, 0.25) is 0 Å². The van der Waals surface area contributed by atoms with Crippen molar-refractivity contribution in [3.63, 3.8) is 0 Å². The molecule has 2 nitrogen and oxygen atoms in total. The van der Waals surface area contributed by atoms with Gasteiger partial charge in [-0.2, -0.15) is 0 Å². The molecule has 0 fully saturated rings. The van der Waals surface area contributed by atoms with Gasteiger partial charge in [-0.15, -0.1) is 11.3 Å². The van der Waals surface area contributed by atoms with E-state index >= 15 is 0 Å². The Balaban J connectivity index is 1.16. The van der Waals surface area contributed by atoms with Gasteiger partial charge in [-0.25, -0.2) is 0 Å². The zero-order chi connectivity index (χ0) is 51.8. The van der Waals surface area contributed by atoms with Crippen LogP contribution in [0.25, 0.3) is 43.5 Å². The molecule has 2 aliphatic carbocycles. The summed E-state index contributed by atoms with van der Waals surface area (Å²) >= 11 is 2.01. The van der Waals surface area contributed by atoms with Crippen molar-refractivity contribution in [3.05, 3.63) is 244 Å². The van der Waals surface area contributed by atoms with Crippen molar-refractivity contribution in [3.8, 4) is 33.4 Å². The molecule has 0 atom stereocenters. The Morgan fingerprint density at radius 2 is 1.07 bits per heavy atom. The van der Waals surface area contributed by atoms with Crippen molar-refractivity contribution >= 4 is 66.9 Å². The highest BCUT2D eigenvalue weighted by Crippen LogP contribution is 2.64. The molecule has 0 saturated carbocycles. The highest BCUT2D eigenvalue weighted by Gasteiger charge is 2.56. The second-order valence-electron chi connectivity index (χ2n) is 25.4. The number of anilines is 5. The van der Waals surface area contributed by atoms with Gasteiger partial charge >= 0.3 is 6.85 Å². The van der Waals surface area contributed by atoms with E-state index in [2.05, 4.69) is 266 Å². The van der Waals surface area contributed by atoms with Gasteiger partial charge in [0.05, 0.1) is 16.1 Å². The molecule has 9 aromatic carbocycles. The van der Waals surface area contributed by atoms with Crippen LogP contribution in [-0.4, -0.2) is 6.85 Å². The Labute approximate surface area is 453 Å². The minimum absolute atomic E-state index is 0.0280. The molecule has 0 amide bonds. The quantitative estimate of drug-likeness (QED) is 0.162. The lowest BCUT2D eigenvalue weighted by molar-refractivity contribution is 0.332. The molecule has 1 aromatic heterocycles. The molecule has 76 heavy (non-hydrogen) atoms. The third-order valence-corrected chi connectivity index (χ3v) is 20.1. The van der Waals surface area contributed by atoms with E-state index in [0.717, 1.165) is 6.42 Å². The van der Waals surface area contributed by atoms with Crippen molar-refractivity contribution < 1.29 is 0 Å². The standard InChI is InChI=1S/C72H63BN2S/c1-68(2,3)47-36-37-58(50(40-47)44-24-13-10-14-25-44)74-60-42-51-48-30-19-20-32-53(48)71(8,9)63(51)62-49-31-23-34-55-66(49)75(59-35-22-21-33-54(59)72(55,45-26-15-11-16-27-45)46-28-17-12-18-29-46)73(65(60)62)64-52-41-56-57(43-61(52)76-67(64)74)70(6,7)39-38-69(56,4)5/h10-37,40-43H,38-39H2,1-9H3. The van der Waals surface area contributed by atoms with Crippen LogP contribution in [0.15, 0.2) is 194 Å². The topological polar surface area (TPSA) is 6.48 Å². The smallest absolute Gasteiger partial charge is 0.334 e. The fourth-order valence-corrected chi connectivity index (χ4v) is 16.4. The van der Waals surface area contributed by atoms with Crippen LogP contribution >= 0.6 is 11.3 Å². The van der Waals surface area contributed by atoms with Crippen LogP contribution in [0.4, 0.5) is 27.8 Å². The Morgan fingerprint density at radius 3 is 1.75 bits per heavy atom. The first-order chi connectivity index (χ1) is 36.6. The Morgan fingerprint density at radius 1 is 0.474 bits per heavy atom. The highest BCUT2D eigenvalue weighted by atomic mass is 32.1. The monoisotopic (exact) mass is 998 g/mol. The maximum absolute atomic E-state index is 2.84. The lowest BCUT2D eigenvalue weighted by atomic mass is 9.41. The minimum Gasteiger partial charge on any atom is -0.376 e. The largest absolute Gasteiger partial charge is 0.376 e. The van der Waals surface area contributed by atoms with Crippen molar-refractivity contribution in [1.82, 2.24) is 0 Å². The van der Waals surface area contributed by atoms with Gasteiger partial charge in [0.25, 0.3) is 0 Å². The van der Waals surface area contributed by atoms with Crippen molar-refractivity contribution in [1.29, 1.82) is 0 Å². The summed E-state index contributed by atoms with van der Waals surface area (Å²) in [6, 6.07) is 75.4. The van der Waals surface area contributed by atoms with Gasteiger partial charge in [-0.3, -0.25) is 0 Å². The van der Waals surface area contributed by atoms with Gasteiger partial charge in [0.15, 0.2) is 0 Å². The van der Waals surface area contributed by atoms with Gasteiger partial charge in [0, 0.05) is 38.3 Å². The summed E-state index contributed by atoms with van der Waals surface area (Å²) in [5.74, 6) is 0. The highest BCUT2D eigenvalue weighted by molar-refractivity contribution is 7.26. The predicted octanol–water partition coefficient (Wildman–Crippen LogP) is 17.9. The fourth-order valence-electron chi connectivity index (χ4n) is 15.1. The molecular weight excluding hydrogens is 936 g/mol. The second-order valence-corrected chi connectivity index (χ2v) is 26.4. The van der Waals surface area contributed by atoms with Gasteiger partial charge in [0.1, 0.15) is 0 Å². The van der Waals surface area contributed by atoms with Gasteiger partial charge in [-0.05, 0) is 154 Å². The van der Waals surface area contributed by atoms with Crippen molar-refractivity contribution in [2.45, 2.75) is 102 Å². The summed E-state index contributed by atoms with van der Waals surface area (Å²) in [6.45, 7) is 21.8. The SMILES string of the molecule is CC(C)(C)c1ccc(N2c3cc4c(c5c3B(c3c2sc2cc6c(cc32)C(C)(C)CCC6(C)C)N2c3ccccc3C(c3ccccc3)(c3ccccc3)c3cccc-5c32)C(C)(C)c2ccccc2-4)c(-c2ccccc2)c1. The first-order valence-electron chi connectivity index (χ1n) is 27.7. The average Bonchev–Trinajstić information content (AvgIpc) is 3.58. The fraction of sp³-hybridized carbons (Fsp3) is 0.222.